The van der Waals surface area contributed by atoms with Crippen molar-refractivity contribution in [2.75, 3.05) is 85.1 Å². The fourth-order valence-electron chi connectivity index (χ4n) is 5.32. The Morgan fingerprint density at radius 3 is 1.13 bits per heavy atom. The number of carbonyl (C=O) groups is 4. The zero-order valence-corrected chi connectivity index (χ0v) is 33.3. The minimum atomic E-state index is -0.0155. The van der Waals surface area contributed by atoms with Crippen LogP contribution in [-0.4, -0.2) is 124 Å². The van der Waals surface area contributed by atoms with Crippen LogP contribution in [0.15, 0.2) is 12.3 Å². The van der Waals surface area contributed by atoms with Gasteiger partial charge in [-0.15, -0.1) is 61.7 Å². The van der Waals surface area contributed by atoms with Crippen molar-refractivity contribution in [2.45, 2.75) is 89.9 Å². The van der Waals surface area contributed by atoms with E-state index in [2.05, 4.69) is 77.9 Å². The second-order valence-corrected chi connectivity index (χ2v) is 12.8. The summed E-state index contributed by atoms with van der Waals surface area (Å²) in [5, 5.41) is 11.9. The zero-order chi connectivity index (χ0) is 41.2. The molecule has 55 heavy (non-hydrogen) atoms. The van der Waals surface area contributed by atoms with E-state index in [1.165, 1.54) is 0 Å². The summed E-state index contributed by atoms with van der Waals surface area (Å²) in [5.74, 6) is 13.0. The first-order valence-electron chi connectivity index (χ1n) is 19.4. The summed E-state index contributed by atoms with van der Waals surface area (Å²) in [6, 6.07) is 0. The molecule has 0 aliphatic rings. The van der Waals surface area contributed by atoms with Crippen LogP contribution in [0.25, 0.3) is 0 Å². The van der Waals surface area contributed by atoms with Gasteiger partial charge in [-0.2, -0.15) is 0 Å². The van der Waals surface area contributed by atoms with E-state index < -0.39 is 0 Å². The fraction of sp³-hybridized carbons (Fsp3) is 0.628. The summed E-state index contributed by atoms with van der Waals surface area (Å²) in [7, 11) is 0. The molecule has 12 heteroatoms. The number of unbranched alkanes of at least 4 members (excludes halogenated alkanes) is 3. The maximum absolute atomic E-state index is 12.5. The molecule has 304 valence electrons. The Balaban J connectivity index is 0. The Morgan fingerprint density at radius 2 is 0.764 bits per heavy atom. The van der Waals surface area contributed by atoms with Crippen LogP contribution < -0.4 is 27.0 Å². The lowest BCUT2D eigenvalue weighted by atomic mass is 10.2. The van der Waals surface area contributed by atoms with Gasteiger partial charge in [0, 0.05) is 109 Å². The highest BCUT2D eigenvalue weighted by Crippen LogP contribution is 2.07. The van der Waals surface area contributed by atoms with Crippen molar-refractivity contribution in [1.29, 1.82) is 0 Å². The van der Waals surface area contributed by atoms with Gasteiger partial charge >= 0.3 is 0 Å². The second-order valence-electron chi connectivity index (χ2n) is 12.8. The minimum absolute atomic E-state index is 0.00719. The van der Waals surface area contributed by atoms with E-state index in [1.807, 2.05) is 0 Å². The third-order valence-corrected chi connectivity index (χ3v) is 8.31. The normalized spacial score (nSPS) is 10.1. The number of primary amides is 1. The molecule has 0 bridgehead atoms. The molecule has 0 fully saturated rings. The van der Waals surface area contributed by atoms with Gasteiger partial charge in [-0.1, -0.05) is 6.58 Å². The number of nitrogens with zero attached hydrogens (tertiary/aromatic N) is 3. The third kappa shape index (κ3) is 37.2. The highest BCUT2D eigenvalue weighted by atomic mass is 16.2. The molecule has 0 aromatic heterocycles. The number of terminal acetylenes is 5. The van der Waals surface area contributed by atoms with Crippen LogP contribution in [0.4, 0.5) is 0 Å². The SMILES string of the molecule is C#CCCCCN(CCCCN(CCCN(CCC(=C)NCCC#C)CCC(=O)NCCC#C)CCC(=O)NCCC#C)CCC(=O)NCCC#C.NC=O. The topological polar surface area (TPSA) is 152 Å². The van der Waals surface area contributed by atoms with Crippen molar-refractivity contribution < 1.29 is 19.2 Å². The largest absolute Gasteiger partial charge is 0.388 e. The molecule has 0 saturated carbocycles. The molecule has 0 aromatic carbocycles. The molecule has 0 aliphatic heterocycles. The maximum Gasteiger partial charge on any atom is 0.221 e. The Labute approximate surface area is 333 Å². The van der Waals surface area contributed by atoms with Crippen LogP contribution >= 0.6 is 0 Å². The number of carbonyl (C=O) groups excluding carboxylic acids is 4. The lowest BCUT2D eigenvalue weighted by molar-refractivity contribution is -0.122. The van der Waals surface area contributed by atoms with Crippen molar-refractivity contribution in [3.63, 3.8) is 0 Å². The van der Waals surface area contributed by atoms with Crippen molar-refractivity contribution in [1.82, 2.24) is 36.0 Å². The molecule has 12 nitrogen and oxygen atoms in total. The third-order valence-electron chi connectivity index (χ3n) is 8.31. The molecule has 4 amide bonds. The molecular formula is C43H68N8O4. The van der Waals surface area contributed by atoms with Gasteiger partial charge in [0.25, 0.3) is 0 Å². The Morgan fingerprint density at radius 1 is 0.473 bits per heavy atom. The van der Waals surface area contributed by atoms with Gasteiger partial charge in [-0.3, -0.25) is 19.2 Å². The lowest BCUT2D eigenvalue weighted by Gasteiger charge is -2.27. The minimum Gasteiger partial charge on any atom is -0.388 e. The van der Waals surface area contributed by atoms with Crippen LogP contribution in [0.5, 0.6) is 0 Å². The predicted octanol–water partition coefficient (Wildman–Crippen LogP) is 2.07. The monoisotopic (exact) mass is 761 g/mol. The number of hydrogen-bond acceptors (Lipinski definition) is 8. The van der Waals surface area contributed by atoms with E-state index in [1.54, 1.807) is 0 Å². The first-order chi connectivity index (χ1) is 26.7. The second kappa shape index (κ2) is 40.3. The van der Waals surface area contributed by atoms with E-state index >= 15 is 0 Å². The standard InChI is InChI=1S/C42H65N7O3.CH3NO/c1-7-12-17-18-30-47(36-23-40(50)44-27-14-9-3)31-19-20-32-48(37-24-41(51)45-28-15-10-4)33-21-34-49(35-22-39(6)43-26-13-8-2)38-25-42(52)46-29-16-11-5;2-1-3/h1-5,43H,6,12-38H2,(H,44,50)(H,45,51)(H,46,52);1H,(H2,2,3). The van der Waals surface area contributed by atoms with Gasteiger partial charge in [0.1, 0.15) is 0 Å². The molecular weight excluding hydrogens is 693 g/mol. The van der Waals surface area contributed by atoms with E-state index in [4.69, 9.17) is 36.9 Å². The highest BCUT2D eigenvalue weighted by molar-refractivity contribution is 5.76. The first-order valence-corrected chi connectivity index (χ1v) is 19.4. The van der Waals surface area contributed by atoms with Gasteiger partial charge in [0.2, 0.25) is 24.1 Å². The lowest BCUT2D eigenvalue weighted by Crippen LogP contribution is -2.36. The average Bonchev–Trinajstić information content (AvgIpc) is 3.17. The first kappa shape index (κ1) is 52.2. The van der Waals surface area contributed by atoms with Crippen LogP contribution in [0.3, 0.4) is 0 Å². The van der Waals surface area contributed by atoms with E-state index in [0.717, 1.165) is 89.9 Å². The molecule has 0 atom stereocenters. The van der Waals surface area contributed by atoms with Crippen LogP contribution in [0.1, 0.15) is 89.9 Å². The maximum atomic E-state index is 12.5. The number of hydrogen-bond donors (Lipinski definition) is 5. The zero-order valence-electron chi connectivity index (χ0n) is 33.3. The number of amides is 4. The molecule has 0 spiro atoms. The molecule has 0 heterocycles. The molecule has 0 saturated heterocycles. The Hall–Kier alpha value is -4.90. The molecule has 0 unspecified atom stereocenters. The fourth-order valence-corrected chi connectivity index (χ4v) is 5.32. The van der Waals surface area contributed by atoms with Crippen LogP contribution in [0.2, 0.25) is 0 Å². The summed E-state index contributed by atoms with van der Waals surface area (Å²) in [6.07, 6.45) is 36.6. The summed E-state index contributed by atoms with van der Waals surface area (Å²) < 4.78 is 0. The summed E-state index contributed by atoms with van der Waals surface area (Å²) in [4.78, 5) is 52.8. The van der Waals surface area contributed by atoms with Gasteiger partial charge < -0.3 is 41.7 Å². The van der Waals surface area contributed by atoms with E-state index in [0.29, 0.717) is 90.8 Å². The summed E-state index contributed by atoms with van der Waals surface area (Å²) in [6.45, 7) is 13.2. The number of nitrogens with one attached hydrogen (secondary N) is 4. The number of nitrogens with two attached hydrogens (primary N) is 1. The molecule has 0 rings (SSSR count). The van der Waals surface area contributed by atoms with Gasteiger partial charge in [0.15, 0.2) is 0 Å². The van der Waals surface area contributed by atoms with Crippen molar-refractivity contribution >= 4 is 24.1 Å². The van der Waals surface area contributed by atoms with E-state index in [-0.39, 0.29) is 24.1 Å². The van der Waals surface area contributed by atoms with Gasteiger partial charge in [-0.25, -0.2) is 0 Å². The van der Waals surface area contributed by atoms with Crippen LogP contribution in [-0.2, 0) is 19.2 Å². The molecule has 6 N–H and O–H groups in total. The molecule has 0 radical (unpaired) electrons. The Bertz CT molecular complexity index is 1230. The summed E-state index contributed by atoms with van der Waals surface area (Å²) >= 11 is 0. The van der Waals surface area contributed by atoms with Crippen molar-refractivity contribution in [3.05, 3.63) is 12.3 Å². The Kier molecular flexibility index (Phi) is 38.2. The van der Waals surface area contributed by atoms with Crippen LogP contribution in [0, 0.1) is 61.7 Å². The summed E-state index contributed by atoms with van der Waals surface area (Å²) in [5.41, 5.74) is 5.09. The number of rotatable bonds is 34. The van der Waals surface area contributed by atoms with Crippen molar-refractivity contribution in [2.24, 2.45) is 5.73 Å². The van der Waals surface area contributed by atoms with Gasteiger partial charge in [-0.05, 0) is 71.2 Å². The predicted molar refractivity (Wildman–Crippen MR) is 225 cm³/mol. The smallest absolute Gasteiger partial charge is 0.221 e. The van der Waals surface area contributed by atoms with E-state index in [9.17, 15) is 14.4 Å². The highest BCUT2D eigenvalue weighted by Gasteiger charge is 2.14. The average molecular weight is 761 g/mol. The molecule has 0 aliphatic carbocycles. The van der Waals surface area contributed by atoms with Crippen molar-refractivity contribution in [3.8, 4) is 61.7 Å². The van der Waals surface area contributed by atoms with Gasteiger partial charge in [0.05, 0.1) is 0 Å². The quantitative estimate of drug-likeness (QED) is 0.0380. The molecule has 0 aromatic rings.